The smallest absolute Gasteiger partial charge is 0.382 e. The Labute approximate surface area is 260 Å². The molecule has 0 bridgehead atoms. The van der Waals surface area contributed by atoms with Crippen molar-refractivity contribution in [3.63, 3.8) is 0 Å². The fourth-order valence-corrected chi connectivity index (χ4v) is 5.13. The van der Waals surface area contributed by atoms with Crippen LogP contribution in [0.15, 0.2) is 59.8 Å². The molecule has 0 radical (unpaired) electrons. The normalized spacial score (nSPS) is 13.5. The van der Waals surface area contributed by atoms with Crippen molar-refractivity contribution >= 4 is 44.7 Å². The number of aryl methyl sites for hydroxylation is 1. The van der Waals surface area contributed by atoms with Crippen molar-refractivity contribution in [1.29, 1.82) is 5.26 Å². The van der Waals surface area contributed by atoms with E-state index in [1.165, 1.54) is 15.4 Å². The maximum Gasteiger partial charge on any atom is 0.395 e. The number of nitriles is 1. The van der Waals surface area contributed by atoms with Crippen LogP contribution in [0.3, 0.4) is 0 Å². The third-order valence-electron chi connectivity index (χ3n) is 7.80. The van der Waals surface area contributed by atoms with Crippen LogP contribution in [0.5, 0.6) is 0 Å². The topological polar surface area (TPSA) is 113 Å². The summed E-state index contributed by atoms with van der Waals surface area (Å²) in [6, 6.07) is 11.0. The van der Waals surface area contributed by atoms with E-state index in [0.717, 1.165) is 13.8 Å². The SMILES string of the molecule is CC(CF)n1cc([C@@H](Nc2cc(Cl)c3ncc(C#N)c(NCC(C)(C)C(F)(F)F)c3c2)c2cccc3c(=O)n(C)ccc23)nn1. The molecule has 0 spiro atoms. The number of alkyl halides is 4. The van der Waals surface area contributed by atoms with Gasteiger partial charge in [-0.25, -0.2) is 9.07 Å². The van der Waals surface area contributed by atoms with Gasteiger partial charge in [-0.05, 0) is 56.0 Å². The Morgan fingerprint density at radius 3 is 2.58 bits per heavy atom. The molecule has 2 atom stereocenters. The number of rotatable bonds is 9. The summed E-state index contributed by atoms with van der Waals surface area (Å²) >= 11 is 6.65. The molecular formula is C31H29ClF4N8O. The summed E-state index contributed by atoms with van der Waals surface area (Å²) in [6.45, 7) is 2.60. The fraction of sp³-hybridized carbons (Fsp3) is 0.323. The number of hydrogen-bond acceptors (Lipinski definition) is 7. The minimum Gasteiger partial charge on any atom is -0.382 e. The molecule has 45 heavy (non-hydrogen) atoms. The summed E-state index contributed by atoms with van der Waals surface area (Å²) in [5.74, 6) is 0. The summed E-state index contributed by atoms with van der Waals surface area (Å²) in [7, 11) is 1.65. The van der Waals surface area contributed by atoms with E-state index in [1.54, 1.807) is 56.7 Å². The number of benzene rings is 2. The second-order valence-corrected chi connectivity index (χ2v) is 11.9. The van der Waals surface area contributed by atoms with Gasteiger partial charge in [0.25, 0.3) is 5.56 Å². The van der Waals surface area contributed by atoms with Crippen LogP contribution >= 0.6 is 11.6 Å². The molecule has 5 aromatic rings. The maximum absolute atomic E-state index is 13.7. The average molecular weight is 641 g/mol. The molecule has 0 amide bonds. The molecule has 0 saturated carbocycles. The summed E-state index contributed by atoms with van der Waals surface area (Å²) in [4.78, 5) is 17.2. The van der Waals surface area contributed by atoms with Crippen LogP contribution in [0.4, 0.5) is 28.9 Å². The predicted molar refractivity (Wildman–Crippen MR) is 165 cm³/mol. The number of fused-ring (bicyclic) bond motifs is 2. The van der Waals surface area contributed by atoms with Crippen molar-refractivity contribution in [2.75, 3.05) is 23.9 Å². The molecular weight excluding hydrogens is 612 g/mol. The number of pyridine rings is 2. The number of nitrogens with zero attached hydrogens (tertiary/aromatic N) is 6. The van der Waals surface area contributed by atoms with Crippen LogP contribution in [0.2, 0.25) is 5.02 Å². The molecule has 3 aromatic heterocycles. The van der Waals surface area contributed by atoms with Gasteiger partial charge in [-0.1, -0.05) is 28.9 Å². The van der Waals surface area contributed by atoms with Crippen molar-refractivity contribution in [2.45, 2.75) is 39.0 Å². The first-order valence-electron chi connectivity index (χ1n) is 13.9. The molecule has 9 nitrogen and oxygen atoms in total. The lowest BCUT2D eigenvalue weighted by molar-refractivity contribution is -0.206. The Morgan fingerprint density at radius 1 is 1.13 bits per heavy atom. The van der Waals surface area contributed by atoms with Crippen molar-refractivity contribution < 1.29 is 17.6 Å². The third kappa shape index (κ3) is 6.02. The van der Waals surface area contributed by atoms with Crippen LogP contribution in [-0.4, -0.2) is 43.9 Å². The van der Waals surface area contributed by atoms with E-state index < -0.39 is 36.9 Å². The largest absolute Gasteiger partial charge is 0.395 e. The molecule has 1 unspecified atom stereocenters. The zero-order valence-electron chi connectivity index (χ0n) is 24.7. The van der Waals surface area contributed by atoms with E-state index in [1.807, 2.05) is 12.1 Å². The fourth-order valence-electron chi connectivity index (χ4n) is 4.87. The number of aromatic nitrogens is 5. The van der Waals surface area contributed by atoms with E-state index in [9.17, 15) is 27.6 Å². The molecule has 14 heteroatoms. The lowest BCUT2D eigenvalue weighted by atomic mass is 9.92. The van der Waals surface area contributed by atoms with Gasteiger partial charge in [0.2, 0.25) is 0 Å². The van der Waals surface area contributed by atoms with Gasteiger partial charge in [-0.15, -0.1) is 5.10 Å². The standard InChI is InChI=1S/C31H29ClF4N8O/c1-17(12-33)44-15-25(41-42-44)28(21-6-5-7-22-20(21)8-9-43(4)29(22)45)40-19-10-23-26(39-16-30(2,3)31(34,35)36)18(13-37)14-38-27(23)24(32)11-19/h5-11,14-15,17,28,40H,12,16H2,1-4H3,(H,38,39)/t17?,28-/m0/s1. The Morgan fingerprint density at radius 2 is 1.89 bits per heavy atom. The number of hydrogen-bond donors (Lipinski definition) is 2. The first-order chi connectivity index (χ1) is 21.3. The molecule has 2 N–H and O–H groups in total. The molecule has 5 rings (SSSR count). The summed E-state index contributed by atoms with van der Waals surface area (Å²) < 4.78 is 57.3. The molecule has 3 heterocycles. The Balaban J connectivity index is 1.66. The van der Waals surface area contributed by atoms with Crippen LogP contribution in [-0.2, 0) is 7.05 Å². The maximum atomic E-state index is 13.7. The van der Waals surface area contributed by atoms with Gasteiger partial charge in [-0.3, -0.25) is 9.78 Å². The third-order valence-corrected chi connectivity index (χ3v) is 8.08. The van der Waals surface area contributed by atoms with Gasteiger partial charge < -0.3 is 15.2 Å². The minimum atomic E-state index is -4.50. The van der Waals surface area contributed by atoms with E-state index in [2.05, 4.69) is 25.9 Å². The van der Waals surface area contributed by atoms with Gasteiger partial charge in [-0.2, -0.15) is 18.4 Å². The second kappa shape index (κ2) is 12.0. The second-order valence-electron chi connectivity index (χ2n) is 11.5. The molecule has 2 aromatic carbocycles. The Bertz CT molecular complexity index is 2000. The summed E-state index contributed by atoms with van der Waals surface area (Å²) in [6.07, 6.45) is 0.0133. The highest BCUT2D eigenvalue weighted by molar-refractivity contribution is 6.35. The zero-order valence-corrected chi connectivity index (χ0v) is 25.5. The highest BCUT2D eigenvalue weighted by Crippen LogP contribution is 2.40. The quantitative estimate of drug-likeness (QED) is 0.168. The number of halogens is 5. The first kappa shape index (κ1) is 31.7. The molecule has 234 valence electrons. The van der Waals surface area contributed by atoms with Gasteiger partial charge in [0, 0.05) is 42.4 Å². The molecule has 0 aliphatic carbocycles. The van der Waals surface area contributed by atoms with E-state index >= 15 is 0 Å². The average Bonchev–Trinajstić information content (AvgIpc) is 3.49. The lowest BCUT2D eigenvalue weighted by Gasteiger charge is -2.28. The van der Waals surface area contributed by atoms with Gasteiger partial charge in [0.15, 0.2) is 0 Å². The van der Waals surface area contributed by atoms with Crippen LogP contribution in [0, 0.1) is 16.7 Å². The monoisotopic (exact) mass is 640 g/mol. The van der Waals surface area contributed by atoms with Gasteiger partial charge >= 0.3 is 6.18 Å². The number of anilines is 2. The lowest BCUT2D eigenvalue weighted by Crippen LogP contribution is -2.38. The van der Waals surface area contributed by atoms with Crippen molar-refractivity contribution in [3.8, 4) is 6.07 Å². The first-order valence-corrected chi connectivity index (χ1v) is 14.3. The van der Waals surface area contributed by atoms with Crippen molar-refractivity contribution in [3.05, 3.63) is 87.2 Å². The van der Waals surface area contributed by atoms with Crippen molar-refractivity contribution in [1.82, 2.24) is 24.5 Å². The van der Waals surface area contributed by atoms with Gasteiger partial charge in [0.05, 0.1) is 45.5 Å². The van der Waals surface area contributed by atoms with E-state index in [4.69, 9.17) is 11.6 Å². The summed E-state index contributed by atoms with van der Waals surface area (Å²) in [5, 5.41) is 26.0. The van der Waals surface area contributed by atoms with Crippen LogP contribution < -0.4 is 16.2 Å². The van der Waals surface area contributed by atoms with E-state index in [0.29, 0.717) is 33.1 Å². The zero-order chi connectivity index (χ0) is 32.7. The summed E-state index contributed by atoms with van der Waals surface area (Å²) in [5.41, 5.74) is -0.346. The molecule has 0 aliphatic rings. The highest BCUT2D eigenvalue weighted by atomic mass is 35.5. The minimum absolute atomic E-state index is 0.0401. The highest BCUT2D eigenvalue weighted by Gasteiger charge is 2.47. The van der Waals surface area contributed by atoms with E-state index in [-0.39, 0.29) is 27.3 Å². The molecule has 0 saturated heterocycles. The van der Waals surface area contributed by atoms with Gasteiger partial charge in [0.1, 0.15) is 18.4 Å². The Kier molecular flexibility index (Phi) is 8.46. The predicted octanol–water partition coefficient (Wildman–Crippen LogP) is 6.94. The molecule has 0 fully saturated rings. The Hall–Kier alpha value is -4.70. The molecule has 0 aliphatic heterocycles. The van der Waals surface area contributed by atoms with Crippen LogP contribution in [0.25, 0.3) is 21.7 Å². The number of nitrogens with one attached hydrogen (secondary N) is 2. The van der Waals surface area contributed by atoms with Crippen LogP contribution in [0.1, 0.15) is 49.7 Å². The van der Waals surface area contributed by atoms with Crippen molar-refractivity contribution in [2.24, 2.45) is 12.5 Å².